The molecule has 0 bridgehead atoms. The molecular weight excluding hydrogens is 472 g/mol. The summed E-state index contributed by atoms with van der Waals surface area (Å²) in [7, 11) is 0. The van der Waals surface area contributed by atoms with Crippen molar-refractivity contribution >= 4 is 17.7 Å². The molecule has 1 atom stereocenters. The molecule has 2 aliphatic heterocycles. The van der Waals surface area contributed by atoms with Crippen LogP contribution >= 0.6 is 11.8 Å². The molecule has 34 heavy (non-hydrogen) atoms. The zero-order chi connectivity index (χ0) is 24.6. The molecule has 2 aliphatic rings. The Morgan fingerprint density at radius 2 is 2.06 bits per heavy atom. The van der Waals surface area contributed by atoms with Crippen molar-refractivity contribution in [3.05, 3.63) is 75.6 Å². The van der Waals surface area contributed by atoms with Crippen LogP contribution in [0.5, 0.6) is 0 Å². The van der Waals surface area contributed by atoms with Crippen molar-refractivity contribution in [2.75, 3.05) is 12.3 Å². The summed E-state index contributed by atoms with van der Waals surface area (Å²) in [5.74, 6) is -0.542. The molecule has 0 spiro atoms. The van der Waals surface area contributed by atoms with Gasteiger partial charge in [-0.05, 0) is 42.0 Å². The Kier molecular flexibility index (Phi) is 6.77. The summed E-state index contributed by atoms with van der Waals surface area (Å²) < 4.78 is 54.9. The molecule has 0 saturated carbocycles. The minimum absolute atomic E-state index is 0.163. The molecule has 182 valence electrons. The van der Waals surface area contributed by atoms with Crippen molar-refractivity contribution in [1.82, 2.24) is 19.4 Å². The average molecular weight is 497 g/mol. The molecule has 6 nitrogen and oxygen atoms in total. The van der Waals surface area contributed by atoms with Crippen LogP contribution in [0.2, 0.25) is 0 Å². The van der Waals surface area contributed by atoms with Gasteiger partial charge in [-0.3, -0.25) is 4.90 Å². The van der Waals surface area contributed by atoms with Gasteiger partial charge in [-0.1, -0.05) is 19.1 Å². The lowest BCUT2D eigenvalue weighted by atomic mass is 10.0. The molecule has 4 rings (SSSR count). The highest BCUT2D eigenvalue weighted by Crippen LogP contribution is 2.38. The summed E-state index contributed by atoms with van der Waals surface area (Å²) in [4.78, 5) is 19.8. The normalized spacial score (nSPS) is 19.3. The van der Waals surface area contributed by atoms with E-state index in [1.807, 2.05) is 22.8 Å². The number of imidazole rings is 1. The van der Waals surface area contributed by atoms with Gasteiger partial charge < -0.3 is 14.6 Å². The number of halogens is 4. The molecule has 0 radical (unpaired) electrons. The lowest BCUT2D eigenvalue weighted by Crippen LogP contribution is -2.50. The zero-order valence-corrected chi connectivity index (χ0v) is 19.5. The summed E-state index contributed by atoms with van der Waals surface area (Å²) in [6.07, 6.45) is -2.12. The first-order valence-corrected chi connectivity index (χ1v) is 11.7. The largest absolute Gasteiger partial charge is 0.478 e. The Morgan fingerprint density at radius 3 is 2.71 bits per heavy atom. The van der Waals surface area contributed by atoms with Crippen molar-refractivity contribution < 1.29 is 27.5 Å². The van der Waals surface area contributed by atoms with E-state index in [0.29, 0.717) is 40.8 Å². The second-order valence-electron chi connectivity index (χ2n) is 8.14. The number of aromatic nitrogens is 2. The molecule has 11 heteroatoms. The van der Waals surface area contributed by atoms with E-state index < -0.39 is 29.8 Å². The van der Waals surface area contributed by atoms with E-state index in [1.165, 1.54) is 28.5 Å². The van der Waals surface area contributed by atoms with Gasteiger partial charge in [0.15, 0.2) is 5.69 Å². The molecule has 0 aliphatic carbocycles. The second kappa shape index (κ2) is 9.46. The van der Waals surface area contributed by atoms with Crippen molar-refractivity contribution in [3.8, 4) is 0 Å². The Labute approximate surface area is 198 Å². The lowest BCUT2D eigenvalue weighted by molar-refractivity contribution is -0.141. The first-order valence-electron chi connectivity index (χ1n) is 10.8. The van der Waals surface area contributed by atoms with Crippen LogP contribution in [0.1, 0.15) is 30.9 Å². The standard InChI is InChI=1S/C23H24F4N4O2S/c1-3-34-21-20(22(32)33)14(2)9-19(31(21)11-15-5-4-6-16(24)10-15)30-8-7-29-12-17(23(25,26)27)28-18(29)13-30/h4-6,9-10,12,19H,3,7-8,11,13H2,1-2H3,(H,32,33). The van der Waals surface area contributed by atoms with Crippen molar-refractivity contribution in [3.63, 3.8) is 0 Å². The van der Waals surface area contributed by atoms with Crippen molar-refractivity contribution in [1.29, 1.82) is 0 Å². The number of carboxylic acid groups (broad SMARTS) is 1. The Hall–Kier alpha value is -2.79. The maximum atomic E-state index is 13.9. The summed E-state index contributed by atoms with van der Waals surface area (Å²) in [6.45, 7) is 4.80. The second-order valence-corrected chi connectivity index (χ2v) is 9.40. The molecular formula is C23H24F4N4O2S. The van der Waals surface area contributed by atoms with Crippen LogP contribution in [0.15, 0.2) is 52.7 Å². The van der Waals surface area contributed by atoms with Crippen LogP contribution in [-0.4, -0.2) is 48.9 Å². The Balaban J connectivity index is 1.72. The lowest BCUT2D eigenvalue weighted by Gasteiger charge is -2.44. The number of rotatable bonds is 6. The van der Waals surface area contributed by atoms with Gasteiger partial charge >= 0.3 is 12.1 Å². The van der Waals surface area contributed by atoms with Gasteiger partial charge in [-0.15, -0.1) is 11.8 Å². The summed E-state index contributed by atoms with van der Waals surface area (Å²) in [6, 6.07) is 6.09. The predicted octanol–water partition coefficient (Wildman–Crippen LogP) is 4.69. The number of alkyl halides is 3. The number of thioether (sulfide) groups is 1. The highest BCUT2D eigenvalue weighted by molar-refractivity contribution is 8.03. The van der Waals surface area contributed by atoms with E-state index in [9.17, 15) is 27.5 Å². The quantitative estimate of drug-likeness (QED) is 0.586. The van der Waals surface area contributed by atoms with Crippen LogP contribution in [0.3, 0.4) is 0 Å². The van der Waals surface area contributed by atoms with E-state index in [4.69, 9.17) is 0 Å². The highest BCUT2D eigenvalue weighted by atomic mass is 32.2. The fraction of sp³-hybridized carbons (Fsp3) is 0.391. The fourth-order valence-corrected chi connectivity index (χ4v) is 5.32. The van der Waals surface area contributed by atoms with Gasteiger partial charge in [0.2, 0.25) is 0 Å². The number of hydrogen-bond donors (Lipinski definition) is 1. The molecule has 1 aromatic carbocycles. The number of carboxylic acids is 1. The van der Waals surface area contributed by atoms with E-state index in [0.717, 1.165) is 6.20 Å². The van der Waals surface area contributed by atoms with Gasteiger partial charge in [-0.25, -0.2) is 14.2 Å². The maximum absolute atomic E-state index is 13.9. The minimum Gasteiger partial charge on any atom is -0.478 e. The fourth-order valence-electron chi connectivity index (χ4n) is 4.31. The number of carbonyl (C=O) groups is 1. The van der Waals surface area contributed by atoms with Crippen molar-refractivity contribution in [2.45, 2.75) is 45.8 Å². The number of benzene rings is 1. The Morgan fingerprint density at radius 1 is 1.29 bits per heavy atom. The van der Waals surface area contributed by atoms with E-state index in [2.05, 4.69) is 4.98 Å². The molecule has 0 saturated heterocycles. The predicted molar refractivity (Wildman–Crippen MR) is 120 cm³/mol. The SMILES string of the molecule is CCSC1=C(C(=O)O)C(C)=CC(N2CCn3cc(C(F)(F)F)nc3C2)N1Cc1cccc(F)c1. The minimum atomic E-state index is -4.52. The van der Waals surface area contributed by atoms with Gasteiger partial charge in [0.25, 0.3) is 0 Å². The number of hydrogen-bond acceptors (Lipinski definition) is 5. The van der Waals surface area contributed by atoms with Gasteiger partial charge in [0.05, 0.1) is 17.1 Å². The van der Waals surface area contributed by atoms with Gasteiger partial charge in [-0.2, -0.15) is 13.2 Å². The van der Waals surface area contributed by atoms with E-state index in [-0.39, 0.29) is 18.7 Å². The first-order chi connectivity index (χ1) is 16.1. The number of nitrogens with zero attached hydrogens (tertiary/aromatic N) is 4. The Bertz CT molecular complexity index is 1160. The van der Waals surface area contributed by atoms with Crippen LogP contribution in [0.4, 0.5) is 17.6 Å². The smallest absolute Gasteiger partial charge is 0.434 e. The molecule has 0 amide bonds. The number of aliphatic carboxylic acids is 1. The van der Waals surface area contributed by atoms with E-state index in [1.54, 1.807) is 19.1 Å². The van der Waals surface area contributed by atoms with Crippen molar-refractivity contribution in [2.24, 2.45) is 0 Å². The first kappa shape index (κ1) is 24.3. The third-order valence-electron chi connectivity index (χ3n) is 5.82. The molecule has 1 N–H and O–H groups in total. The van der Waals surface area contributed by atoms with Crippen LogP contribution < -0.4 is 0 Å². The molecule has 1 unspecified atom stereocenters. The zero-order valence-electron chi connectivity index (χ0n) is 18.6. The maximum Gasteiger partial charge on any atom is 0.434 e. The summed E-state index contributed by atoms with van der Waals surface area (Å²) in [5.41, 5.74) is 0.493. The molecule has 0 fully saturated rings. The monoisotopic (exact) mass is 496 g/mol. The number of fused-ring (bicyclic) bond motifs is 1. The van der Waals surface area contributed by atoms with E-state index >= 15 is 0 Å². The average Bonchev–Trinajstić information content (AvgIpc) is 3.19. The topological polar surface area (TPSA) is 61.6 Å². The third-order valence-corrected chi connectivity index (χ3v) is 6.82. The highest BCUT2D eigenvalue weighted by Gasteiger charge is 2.38. The summed E-state index contributed by atoms with van der Waals surface area (Å²) >= 11 is 1.38. The molecule has 2 aromatic rings. The van der Waals surface area contributed by atoms with Gasteiger partial charge in [0, 0.05) is 25.8 Å². The molecule has 3 heterocycles. The third kappa shape index (κ3) is 4.85. The van der Waals surface area contributed by atoms with Crippen LogP contribution in [0, 0.1) is 5.82 Å². The summed E-state index contributed by atoms with van der Waals surface area (Å²) in [5, 5.41) is 10.5. The van der Waals surface area contributed by atoms with Gasteiger partial charge in [0.1, 0.15) is 17.8 Å². The molecule has 1 aromatic heterocycles. The van der Waals surface area contributed by atoms with Crippen LogP contribution in [-0.2, 0) is 30.6 Å². The van der Waals surface area contributed by atoms with Crippen LogP contribution in [0.25, 0.3) is 0 Å².